The van der Waals surface area contributed by atoms with E-state index in [0.717, 1.165) is 0 Å². The maximum absolute atomic E-state index is 13.3. The van der Waals surface area contributed by atoms with Crippen LogP contribution in [-0.2, 0) is 0 Å². The molecule has 0 aliphatic carbocycles. The minimum atomic E-state index is -0.457. The molecule has 0 saturated heterocycles. The Morgan fingerprint density at radius 3 is 2.28 bits per heavy atom. The molecule has 0 spiro atoms. The highest BCUT2D eigenvalue weighted by Gasteiger charge is 2.17. The van der Waals surface area contributed by atoms with Crippen LogP contribution in [0.5, 0.6) is 0 Å². The molecule has 0 aliphatic rings. The molecule has 0 heterocycles. The minimum absolute atomic E-state index is 0.200. The van der Waals surface area contributed by atoms with E-state index >= 15 is 0 Å². The van der Waals surface area contributed by atoms with Crippen molar-refractivity contribution in [2.24, 2.45) is 0 Å². The van der Waals surface area contributed by atoms with Crippen LogP contribution in [0.15, 0.2) is 36.4 Å². The largest absolute Gasteiger partial charge is 0.288 e. The van der Waals surface area contributed by atoms with E-state index in [1.54, 1.807) is 31.2 Å². The van der Waals surface area contributed by atoms with E-state index in [1.165, 1.54) is 12.1 Å². The highest BCUT2D eigenvalue weighted by molar-refractivity contribution is 6.41. The summed E-state index contributed by atoms with van der Waals surface area (Å²) in [5.41, 5.74) is 1.11. The van der Waals surface area contributed by atoms with Gasteiger partial charge in [-0.1, -0.05) is 29.3 Å². The van der Waals surface area contributed by atoms with Crippen LogP contribution in [0.2, 0.25) is 10.0 Å². The molecule has 2 aromatic rings. The molecule has 0 aromatic heterocycles. The number of ketones is 1. The van der Waals surface area contributed by atoms with E-state index < -0.39 is 5.82 Å². The predicted octanol–water partition coefficient (Wildman–Crippen LogP) is 4.67. The van der Waals surface area contributed by atoms with Gasteiger partial charge in [0.25, 0.3) is 0 Å². The van der Waals surface area contributed by atoms with Gasteiger partial charge in [0.15, 0.2) is 5.78 Å². The molecule has 0 radical (unpaired) electrons. The first-order valence-corrected chi connectivity index (χ1v) is 6.00. The quantitative estimate of drug-likeness (QED) is 0.732. The predicted molar refractivity (Wildman–Crippen MR) is 71.0 cm³/mol. The van der Waals surface area contributed by atoms with Gasteiger partial charge in [-0.2, -0.15) is 0 Å². The molecule has 0 atom stereocenters. The van der Waals surface area contributed by atoms with Crippen LogP contribution in [0.4, 0.5) is 4.39 Å². The lowest BCUT2D eigenvalue weighted by Gasteiger charge is -2.07. The monoisotopic (exact) mass is 282 g/mol. The number of rotatable bonds is 2. The van der Waals surface area contributed by atoms with Crippen molar-refractivity contribution in [3.8, 4) is 0 Å². The van der Waals surface area contributed by atoms with Crippen molar-refractivity contribution in [2.45, 2.75) is 6.92 Å². The fourth-order valence-corrected chi connectivity index (χ4v) is 2.30. The average molecular weight is 283 g/mol. The summed E-state index contributed by atoms with van der Waals surface area (Å²) in [7, 11) is 0. The first-order valence-electron chi connectivity index (χ1n) is 5.25. The van der Waals surface area contributed by atoms with E-state index in [2.05, 4.69) is 0 Å². The third-order valence-corrected chi connectivity index (χ3v) is 3.12. The molecule has 0 amide bonds. The van der Waals surface area contributed by atoms with E-state index in [1.807, 2.05) is 0 Å². The van der Waals surface area contributed by atoms with Crippen LogP contribution in [0, 0.1) is 12.7 Å². The molecular weight excluding hydrogens is 274 g/mol. The second-order valence-electron chi connectivity index (χ2n) is 3.94. The first kappa shape index (κ1) is 13.1. The zero-order valence-corrected chi connectivity index (χ0v) is 11.0. The Hall–Kier alpha value is -1.38. The van der Waals surface area contributed by atoms with Gasteiger partial charge in [0.05, 0.1) is 15.6 Å². The maximum Gasteiger partial charge on any atom is 0.196 e. The molecule has 0 bridgehead atoms. The Labute approximate surface area is 114 Å². The van der Waals surface area contributed by atoms with Crippen LogP contribution >= 0.6 is 23.2 Å². The summed E-state index contributed by atoms with van der Waals surface area (Å²) in [6, 6.07) is 8.93. The zero-order valence-electron chi connectivity index (χ0n) is 9.51. The number of halogens is 3. The van der Waals surface area contributed by atoms with Gasteiger partial charge >= 0.3 is 0 Å². The van der Waals surface area contributed by atoms with Gasteiger partial charge in [-0.15, -0.1) is 0 Å². The van der Waals surface area contributed by atoms with Crippen molar-refractivity contribution in [1.82, 2.24) is 0 Å². The fraction of sp³-hybridized carbons (Fsp3) is 0.0714. The number of hydrogen-bond acceptors (Lipinski definition) is 1. The van der Waals surface area contributed by atoms with Crippen molar-refractivity contribution >= 4 is 29.0 Å². The molecule has 0 saturated carbocycles. The lowest BCUT2D eigenvalue weighted by Crippen LogP contribution is -2.04. The summed E-state index contributed by atoms with van der Waals surface area (Å²) in [5.74, 6) is -0.838. The molecule has 0 unspecified atom stereocenters. The van der Waals surface area contributed by atoms with Gasteiger partial charge in [0.1, 0.15) is 5.82 Å². The first-order chi connectivity index (χ1) is 8.49. The Morgan fingerprint density at radius 2 is 1.72 bits per heavy atom. The van der Waals surface area contributed by atoms with Crippen molar-refractivity contribution in [3.05, 3.63) is 69.0 Å². The van der Waals surface area contributed by atoms with Gasteiger partial charge in [-0.25, -0.2) is 4.39 Å². The smallest absolute Gasteiger partial charge is 0.196 e. The SMILES string of the molecule is Cc1cc(F)cc(C(=O)c2c(Cl)cccc2Cl)c1. The summed E-state index contributed by atoms with van der Waals surface area (Å²) in [4.78, 5) is 12.3. The van der Waals surface area contributed by atoms with Gasteiger partial charge in [0.2, 0.25) is 0 Å². The number of benzene rings is 2. The number of hydrogen-bond donors (Lipinski definition) is 0. The normalized spacial score (nSPS) is 10.4. The van der Waals surface area contributed by atoms with E-state index in [-0.39, 0.29) is 27.0 Å². The summed E-state index contributed by atoms with van der Waals surface area (Å²) in [5, 5.41) is 0.517. The second kappa shape index (κ2) is 5.09. The van der Waals surface area contributed by atoms with Crippen LogP contribution in [-0.4, -0.2) is 5.78 Å². The lowest BCUT2D eigenvalue weighted by molar-refractivity contribution is 0.103. The third-order valence-electron chi connectivity index (χ3n) is 2.49. The molecule has 18 heavy (non-hydrogen) atoms. The van der Waals surface area contributed by atoms with E-state index in [4.69, 9.17) is 23.2 Å². The van der Waals surface area contributed by atoms with Gasteiger partial charge in [0, 0.05) is 5.56 Å². The highest BCUT2D eigenvalue weighted by atomic mass is 35.5. The molecule has 0 fully saturated rings. The van der Waals surface area contributed by atoms with Crippen molar-refractivity contribution < 1.29 is 9.18 Å². The van der Waals surface area contributed by atoms with Crippen LogP contribution in [0.3, 0.4) is 0 Å². The van der Waals surface area contributed by atoms with Gasteiger partial charge in [-0.3, -0.25) is 4.79 Å². The second-order valence-corrected chi connectivity index (χ2v) is 4.76. The van der Waals surface area contributed by atoms with Crippen molar-refractivity contribution in [3.63, 3.8) is 0 Å². The average Bonchev–Trinajstić information content (AvgIpc) is 2.27. The molecule has 4 heteroatoms. The topological polar surface area (TPSA) is 17.1 Å². The Bertz CT molecular complexity index is 583. The van der Waals surface area contributed by atoms with Crippen LogP contribution < -0.4 is 0 Å². The highest BCUT2D eigenvalue weighted by Crippen LogP contribution is 2.27. The summed E-state index contributed by atoms with van der Waals surface area (Å²) in [6.07, 6.45) is 0. The van der Waals surface area contributed by atoms with Crippen LogP contribution in [0.25, 0.3) is 0 Å². The van der Waals surface area contributed by atoms with Crippen molar-refractivity contribution in [2.75, 3.05) is 0 Å². The van der Waals surface area contributed by atoms with Gasteiger partial charge < -0.3 is 0 Å². The molecule has 0 N–H and O–H groups in total. The molecule has 0 aliphatic heterocycles. The number of carbonyl (C=O) groups is 1. The number of carbonyl (C=O) groups excluding carboxylic acids is 1. The molecule has 92 valence electrons. The Morgan fingerprint density at radius 1 is 1.11 bits per heavy atom. The summed E-state index contributed by atoms with van der Waals surface area (Å²) < 4.78 is 13.3. The van der Waals surface area contributed by atoms with Gasteiger partial charge in [-0.05, 0) is 42.8 Å². The lowest BCUT2D eigenvalue weighted by atomic mass is 10.0. The van der Waals surface area contributed by atoms with Crippen molar-refractivity contribution in [1.29, 1.82) is 0 Å². The Balaban J connectivity index is 2.55. The minimum Gasteiger partial charge on any atom is -0.288 e. The molecule has 1 nitrogen and oxygen atoms in total. The summed E-state index contributed by atoms with van der Waals surface area (Å²) >= 11 is 11.9. The molecule has 2 aromatic carbocycles. The fourth-order valence-electron chi connectivity index (χ4n) is 1.73. The molecular formula is C14H9Cl2FO. The van der Waals surface area contributed by atoms with E-state index in [0.29, 0.717) is 5.56 Å². The number of aryl methyl sites for hydroxylation is 1. The molecule has 2 rings (SSSR count). The van der Waals surface area contributed by atoms with Crippen LogP contribution in [0.1, 0.15) is 21.5 Å². The maximum atomic E-state index is 13.3. The van der Waals surface area contributed by atoms with E-state index in [9.17, 15) is 9.18 Å². The zero-order chi connectivity index (χ0) is 13.3. The Kier molecular flexibility index (Phi) is 3.69. The standard InChI is InChI=1S/C14H9Cl2FO/c1-8-5-9(7-10(17)6-8)14(18)13-11(15)3-2-4-12(13)16/h2-7H,1H3. The third kappa shape index (κ3) is 2.55. The summed E-state index contributed by atoms with van der Waals surface area (Å²) in [6.45, 7) is 1.72.